The number of carbonyl (C=O) groups is 2. The van der Waals surface area contributed by atoms with Crippen LogP contribution in [0.4, 0.5) is 0 Å². The molecule has 0 saturated heterocycles. The summed E-state index contributed by atoms with van der Waals surface area (Å²) in [6.45, 7) is 7.59. The van der Waals surface area contributed by atoms with Crippen LogP contribution in [0, 0.1) is 13.8 Å². The van der Waals surface area contributed by atoms with Gasteiger partial charge >= 0.3 is 11.9 Å². The summed E-state index contributed by atoms with van der Waals surface area (Å²) in [7, 11) is 0. The number of hydrogen-bond acceptors (Lipinski definition) is 8. The van der Waals surface area contributed by atoms with Gasteiger partial charge in [0, 0.05) is 11.4 Å². The van der Waals surface area contributed by atoms with E-state index in [-0.39, 0.29) is 18.9 Å². The predicted molar refractivity (Wildman–Crippen MR) is 91.6 cm³/mol. The highest BCUT2D eigenvalue weighted by molar-refractivity contribution is 8.00. The molecule has 2 heterocycles. The number of nitrogens with zero attached hydrogens (tertiary/aromatic N) is 2. The van der Waals surface area contributed by atoms with E-state index in [1.54, 1.807) is 20.8 Å². The van der Waals surface area contributed by atoms with E-state index >= 15 is 0 Å². The first-order chi connectivity index (χ1) is 11.5. The first-order valence-corrected chi connectivity index (χ1v) is 9.26. The minimum atomic E-state index is -0.483. The lowest BCUT2D eigenvalue weighted by molar-refractivity contribution is 0.0518. The predicted octanol–water partition coefficient (Wildman–Crippen LogP) is 3.13. The monoisotopic (exact) mass is 369 g/mol. The third-order valence-electron chi connectivity index (χ3n) is 3.13. The normalized spacial score (nSPS) is 10.7. The van der Waals surface area contributed by atoms with Crippen LogP contribution in [0.1, 0.15) is 51.0 Å². The van der Waals surface area contributed by atoms with Crippen molar-refractivity contribution in [3.8, 4) is 0 Å². The molecule has 9 heteroatoms. The maximum absolute atomic E-state index is 12.3. The van der Waals surface area contributed by atoms with Gasteiger partial charge in [-0.25, -0.2) is 9.59 Å². The van der Waals surface area contributed by atoms with Gasteiger partial charge in [-0.15, -0.1) is 10.2 Å². The lowest BCUT2D eigenvalue weighted by Gasteiger charge is -2.04. The Kier molecular flexibility index (Phi) is 6.38. The Labute approximate surface area is 148 Å². The van der Waals surface area contributed by atoms with Gasteiger partial charge in [0.2, 0.25) is 0 Å². The van der Waals surface area contributed by atoms with Crippen molar-refractivity contribution < 1.29 is 19.1 Å². The number of ether oxygens (including phenoxy) is 2. The zero-order valence-electron chi connectivity index (χ0n) is 14.0. The smallest absolute Gasteiger partial charge is 0.355 e. The molecular formula is C15H19N3O4S2. The third-order valence-corrected chi connectivity index (χ3v) is 5.13. The summed E-state index contributed by atoms with van der Waals surface area (Å²) in [5, 5.41) is 8.88. The first-order valence-electron chi connectivity index (χ1n) is 7.46. The van der Waals surface area contributed by atoms with Crippen LogP contribution < -0.4 is 0 Å². The Morgan fingerprint density at radius 1 is 1.12 bits per heavy atom. The molecule has 0 atom stereocenters. The summed E-state index contributed by atoms with van der Waals surface area (Å²) in [5.41, 5.74) is 1.82. The molecule has 0 saturated carbocycles. The molecule has 0 aromatic carbocycles. The molecule has 0 bridgehead atoms. The average Bonchev–Trinajstić information content (AvgIpc) is 3.09. The third kappa shape index (κ3) is 4.15. The first kappa shape index (κ1) is 18.5. The zero-order chi connectivity index (χ0) is 17.7. The molecule has 0 aliphatic heterocycles. The molecule has 0 spiro atoms. The lowest BCUT2D eigenvalue weighted by Crippen LogP contribution is -2.09. The molecule has 7 nitrogen and oxygen atoms in total. The molecule has 0 aliphatic rings. The number of H-pyrrole nitrogens is 1. The van der Waals surface area contributed by atoms with Gasteiger partial charge in [0.25, 0.3) is 0 Å². The number of esters is 2. The number of rotatable bonds is 7. The van der Waals surface area contributed by atoms with E-state index in [9.17, 15) is 9.59 Å². The summed E-state index contributed by atoms with van der Waals surface area (Å²) in [6, 6.07) is 0. The van der Waals surface area contributed by atoms with Gasteiger partial charge < -0.3 is 14.5 Å². The van der Waals surface area contributed by atoms with Crippen LogP contribution >= 0.6 is 23.1 Å². The van der Waals surface area contributed by atoms with Gasteiger partial charge in [-0.1, -0.05) is 23.1 Å². The summed E-state index contributed by atoms with van der Waals surface area (Å²) in [6.07, 6.45) is 0. The second kappa shape index (κ2) is 8.29. The molecule has 0 radical (unpaired) electrons. The van der Waals surface area contributed by atoms with E-state index in [2.05, 4.69) is 15.2 Å². The van der Waals surface area contributed by atoms with Crippen LogP contribution in [0.3, 0.4) is 0 Å². The number of carbonyl (C=O) groups excluding carboxylic acids is 2. The van der Waals surface area contributed by atoms with Crippen molar-refractivity contribution in [2.75, 3.05) is 13.2 Å². The fourth-order valence-electron chi connectivity index (χ4n) is 2.12. The van der Waals surface area contributed by atoms with Crippen molar-refractivity contribution in [1.29, 1.82) is 0 Å². The fourth-order valence-corrected chi connectivity index (χ4v) is 3.90. The summed E-state index contributed by atoms with van der Waals surface area (Å²) in [4.78, 5) is 27.3. The Hall–Kier alpha value is -1.87. The highest BCUT2D eigenvalue weighted by atomic mass is 32.2. The van der Waals surface area contributed by atoms with E-state index in [1.807, 2.05) is 6.92 Å². The van der Waals surface area contributed by atoms with Crippen LogP contribution in [0.2, 0.25) is 0 Å². The molecular weight excluding hydrogens is 350 g/mol. The topological polar surface area (TPSA) is 94.2 Å². The highest BCUT2D eigenvalue weighted by Gasteiger charge is 2.25. The van der Waals surface area contributed by atoms with Crippen molar-refractivity contribution in [2.24, 2.45) is 0 Å². The molecule has 2 rings (SSSR count). The van der Waals surface area contributed by atoms with E-state index in [4.69, 9.17) is 9.47 Å². The van der Waals surface area contributed by atoms with E-state index in [1.165, 1.54) is 23.1 Å². The molecule has 2 aromatic heterocycles. The molecule has 0 fully saturated rings. The number of nitrogens with one attached hydrogen (secondary N) is 1. The molecule has 0 aliphatic carbocycles. The van der Waals surface area contributed by atoms with Gasteiger partial charge in [-0.3, -0.25) is 0 Å². The van der Waals surface area contributed by atoms with Crippen molar-refractivity contribution in [1.82, 2.24) is 15.2 Å². The van der Waals surface area contributed by atoms with Crippen molar-refractivity contribution in [3.63, 3.8) is 0 Å². The molecule has 0 unspecified atom stereocenters. The Balaban J connectivity index is 2.30. The quantitative estimate of drug-likeness (QED) is 0.592. The number of aromatic nitrogens is 3. The SMILES string of the molecule is CCOC(=O)c1[nH]c(CSc2nnc(C)s2)c(C(=O)OCC)c1C. The van der Waals surface area contributed by atoms with Crippen LogP contribution in [-0.4, -0.2) is 40.3 Å². The number of aromatic amines is 1. The summed E-state index contributed by atoms with van der Waals surface area (Å²) >= 11 is 2.92. The van der Waals surface area contributed by atoms with Crippen LogP contribution in [-0.2, 0) is 15.2 Å². The molecule has 0 amide bonds. The largest absolute Gasteiger partial charge is 0.462 e. The number of hydrogen-bond donors (Lipinski definition) is 1. The standard InChI is InChI=1S/C15H19N3O4S2/c1-5-21-13(19)11-8(3)12(14(20)22-6-2)16-10(11)7-23-15-18-17-9(4)24-15/h16H,5-7H2,1-4H3. The second-order valence-electron chi connectivity index (χ2n) is 4.80. The van der Waals surface area contributed by atoms with Gasteiger partial charge in [0.1, 0.15) is 10.7 Å². The number of aryl methyl sites for hydroxylation is 1. The maximum atomic E-state index is 12.3. The fraction of sp³-hybridized carbons (Fsp3) is 0.467. The van der Waals surface area contributed by atoms with E-state index in [0.29, 0.717) is 22.6 Å². The minimum absolute atomic E-state index is 0.264. The molecule has 2 aromatic rings. The van der Waals surface area contributed by atoms with Gasteiger partial charge in [0.05, 0.1) is 18.8 Å². The van der Waals surface area contributed by atoms with Gasteiger partial charge in [-0.2, -0.15) is 0 Å². The molecule has 24 heavy (non-hydrogen) atoms. The van der Waals surface area contributed by atoms with E-state index in [0.717, 1.165) is 9.35 Å². The molecule has 130 valence electrons. The van der Waals surface area contributed by atoms with E-state index < -0.39 is 11.9 Å². The van der Waals surface area contributed by atoms with Crippen LogP contribution in [0.5, 0.6) is 0 Å². The van der Waals surface area contributed by atoms with Crippen LogP contribution in [0.25, 0.3) is 0 Å². The van der Waals surface area contributed by atoms with Crippen molar-refractivity contribution in [3.05, 3.63) is 27.5 Å². The summed E-state index contributed by atoms with van der Waals surface area (Å²) < 4.78 is 10.9. The maximum Gasteiger partial charge on any atom is 0.355 e. The van der Waals surface area contributed by atoms with Gasteiger partial charge in [-0.05, 0) is 33.3 Å². The average molecular weight is 369 g/mol. The lowest BCUT2D eigenvalue weighted by atomic mass is 10.1. The minimum Gasteiger partial charge on any atom is -0.462 e. The second-order valence-corrected chi connectivity index (χ2v) is 7.20. The Bertz CT molecular complexity index is 739. The summed E-state index contributed by atoms with van der Waals surface area (Å²) in [5.74, 6) is -0.488. The zero-order valence-corrected chi connectivity index (χ0v) is 15.6. The van der Waals surface area contributed by atoms with Gasteiger partial charge in [0.15, 0.2) is 4.34 Å². The van der Waals surface area contributed by atoms with Crippen molar-refractivity contribution >= 4 is 35.0 Å². The Morgan fingerprint density at radius 3 is 2.38 bits per heavy atom. The Morgan fingerprint density at radius 2 is 1.79 bits per heavy atom. The van der Waals surface area contributed by atoms with Crippen LogP contribution in [0.15, 0.2) is 4.34 Å². The van der Waals surface area contributed by atoms with Crippen molar-refractivity contribution in [2.45, 2.75) is 37.8 Å². The highest BCUT2D eigenvalue weighted by Crippen LogP contribution is 2.29. The number of thioether (sulfide) groups is 1. The molecule has 1 N–H and O–H groups in total.